The second kappa shape index (κ2) is 12.0. The number of nitrogens with zero attached hydrogens (tertiary/aromatic N) is 5. The van der Waals surface area contributed by atoms with Crippen LogP contribution in [0.25, 0.3) is 0 Å². The molecule has 4 rings (SSSR count). The minimum atomic E-state index is -0.747. The predicted octanol–water partition coefficient (Wildman–Crippen LogP) is 4.88. The van der Waals surface area contributed by atoms with Crippen molar-refractivity contribution in [2.45, 2.75) is 64.1 Å². The summed E-state index contributed by atoms with van der Waals surface area (Å²) in [5.41, 5.74) is 0.163. The van der Waals surface area contributed by atoms with Crippen LogP contribution in [-0.4, -0.2) is 63.4 Å². The van der Waals surface area contributed by atoms with E-state index in [0.717, 1.165) is 38.9 Å². The van der Waals surface area contributed by atoms with Gasteiger partial charge >= 0.3 is 5.97 Å². The molecule has 3 N–H and O–H groups in total. The van der Waals surface area contributed by atoms with E-state index in [2.05, 4.69) is 27.0 Å². The Morgan fingerprint density at radius 2 is 2.18 bits per heavy atom. The van der Waals surface area contributed by atoms with Crippen molar-refractivity contribution in [1.29, 1.82) is 10.7 Å². The molecule has 2 fully saturated rings. The lowest BCUT2D eigenvalue weighted by atomic mass is 9.91. The number of carbonyl (C=O) groups is 1. The van der Waals surface area contributed by atoms with Crippen LogP contribution in [-0.2, 0) is 4.79 Å². The number of aliphatic carboxylic acids is 1. The predicted molar refractivity (Wildman–Crippen MR) is 144 cm³/mol. The first-order chi connectivity index (χ1) is 18.2. The van der Waals surface area contributed by atoms with Crippen molar-refractivity contribution in [2.24, 2.45) is 5.92 Å². The highest BCUT2D eigenvalue weighted by Crippen LogP contribution is 2.33. The van der Waals surface area contributed by atoms with Gasteiger partial charge in [0.15, 0.2) is 11.5 Å². The van der Waals surface area contributed by atoms with Crippen molar-refractivity contribution >= 4 is 34.9 Å². The number of carboxylic acids is 1. The van der Waals surface area contributed by atoms with Gasteiger partial charge in [0.05, 0.1) is 12.2 Å². The van der Waals surface area contributed by atoms with Gasteiger partial charge in [0.2, 0.25) is 0 Å². The van der Waals surface area contributed by atoms with Crippen LogP contribution in [0.5, 0.6) is 0 Å². The molecule has 2 aromatic rings. The quantitative estimate of drug-likeness (QED) is 0.383. The molecule has 1 aromatic carbocycles. The van der Waals surface area contributed by atoms with Gasteiger partial charge in [-0.15, -0.1) is 0 Å². The van der Waals surface area contributed by atoms with Gasteiger partial charge < -0.3 is 15.3 Å². The van der Waals surface area contributed by atoms with Gasteiger partial charge in [-0.2, -0.15) is 5.26 Å². The minimum absolute atomic E-state index is 0.110. The van der Waals surface area contributed by atoms with Crippen molar-refractivity contribution in [3.63, 3.8) is 0 Å². The number of rotatable bonds is 9. The second-order valence-corrected chi connectivity index (χ2v) is 10.6. The third-order valence-corrected chi connectivity index (χ3v) is 7.85. The number of nitriles is 1. The van der Waals surface area contributed by atoms with Crippen LogP contribution in [0.4, 0.5) is 16.0 Å². The van der Waals surface area contributed by atoms with Crippen molar-refractivity contribution in [1.82, 2.24) is 14.9 Å². The topological polar surface area (TPSA) is 129 Å². The zero-order chi connectivity index (χ0) is 27.4. The van der Waals surface area contributed by atoms with Crippen molar-refractivity contribution in [3.05, 3.63) is 46.5 Å². The Hall–Kier alpha value is -3.29. The fourth-order valence-corrected chi connectivity index (χ4v) is 5.89. The van der Waals surface area contributed by atoms with Gasteiger partial charge in [0.25, 0.3) is 0 Å². The molecule has 2 aliphatic heterocycles. The van der Waals surface area contributed by atoms with E-state index in [4.69, 9.17) is 27.1 Å². The van der Waals surface area contributed by atoms with Gasteiger partial charge in [-0.25, -0.2) is 14.4 Å². The molecule has 4 atom stereocenters. The Morgan fingerprint density at radius 1 is 1.39 bits per heavy atom. The van der Waals surface area contributed by atoms with Crippen LogP contribution in [0.2, 0.25) is 5.02 Å². The number of aromatic nitrogens is 2. The molecule has 4 unspecified atom stereocenters. The van der Waals surface area contributed by atoms with Crippen LogP contribution >= 0.6 is 11.6 Å². The third-order valence-electron chi connectivity index (χ3n) is 7.61. The lowest BCUT2D eigenvalue weighted by Gasteiger charge is -2.44. The van der Waals surface area contributed by atoms with E-state index in [-0.39, 0.29) is 23.6 Å². The standard InChI is InChI=1S/C27H33ClFN7O2/c1-16-15-35(11-9-23(16)36-10-3-4-19(36)6-8-25(37)38)24-14-32-26(22(31)13-30)27(34-24)33-17(2)20-7-5-18(28)12-21(20)29/h5,7,12,14,16-17,19,23,31H,3-4,6,8-11,15H2,1-2H3,(H,33,34)(H,37,38). The number of halogens is 2. The molecule has 0 spiro atoms. The fourth-order valence-electron chi connectivity index (χ4n) is 5.73. The van der Waals surface area contributed by atoms with Crippen molar-refractivity contribution in [2.75, 3.05) is 29.9 Å². The van der Waals surface area contributed by atoms with Crippen molar-refractivity contribution < 1.29 is 14.3 Å². The van der Waals surface area contributed by atoms with Crippen molar-refractivity contribution in [3.8, 4) is 6.07 Å². The lowest BCUT2D eigenvalue weighted by Crippen LogP contribution is -2.52. The number of benzene rings is 1. The summed E-state index contributed by atoms with van der Waals surface area (Å²) in [6.07, 6.45) is 5.51. The summed E-state index contributed by atoms with van der Waals surface area (Å²) in [4.78, 5) is 24.9. The average molecular weight is 542 g/mol. The maximum atomic E-state index is 14.5. The van der Waals surface area contributed by atoms with E-state index in [9.17, 15) is 14.4 Å². The van der Waals surface area contributed by atoms with E-state index in [1.54, 1.807) is 25.3 Å². The largest absolute Gasteiger partial charge is 0.481 e. The normalized spacial score (nSPS) is 22.6. The number of piperidine rings is 1. The molecule has 38 heavy (non-hydrogen) atoms. The Kier molecular flexibility index (Phi) is 8.80. The van der Waals surface area contributed by atoms with E-state index in [0.29, 0.717) is 40.8 Å². The van der Waals surface area contributed by atoms with Gasteiger partial charge in [-0.05, 0) is 57.2 Å². The molecule has 0 amide bonds. The Labute approximate surface area is 227 Å². The zero-order valence-electron chi connectivity index (χ0n) is 21.6. The molecule has 11 heteroatoms. The summed E-state index contributed by atoms with van der Waals surface area (Å²) >= 11 is 5.89. The highest BCUT2D eigenvalue weighted by Gasteiger charge is 2.37. The van der Waals surface area contributed by atoms with E-state index < -0.39 is 17.8 Å². The first-order valence-corrected chi connectivity index (χ1v) is 13.4. The Morgan fingerprint density at radius 3 is 2.87 bits per heavy atom. The third kappa shape index (κ3) is 6.22. The molecule has 0 bridgehead atoms. The van der Waals surface area contributed by atoms with E-state index in [1.165, 1.54) is 6.07 Å². The highest BCUT2D eigenvalue weighted by molar-refractivity contribution is 6.30. The molecule has 0 radical (unpaired) electrons. The SMILES string of the molecule is CC(Nc1nc(N2CCC(N3CCCC3CCC(=O)O)C(C)C2)cnc1C(=N)C#N)c1ccc(Cl)cc1F. The van der Waals surface area contributed by atoms with Crippen LogP contribution < -0.4 is 10.2 Å². The molecule has 2 aliphatic rings. The molecular weight excluding hydrogens is 509 g/mol. The van der Waals surface area contributed by atoms with Gasteiger partial charge in [0.1, 0.15) is 23.4 Å². The molecule has 0 aliphatic carbocycles. The van der Waals surface area contributed by atoms with Crippen LogP contribution in [0.1, 0.15) is 63.3 Å². The van der Waals surface area contributed by atoms with Crippen LogP contribution in [0.3, 0.4) is 0 Å². The lowest BCUT2D eigenvalue weighted by molar-refractivity contribution is -0.137. The summed E-state index contributed by atoms with van der Waals surface area (Å²) in [7, 11) is 0. The number of hydrogen-bond donors (Lipinski definition) is 3. The molecule has 9 nitrogen and oxygen atoms in total. The smallest absolute Gasteiger partial charge is 0.303 e. The van der Waals surface area contributed by atoms with E-state index >= 15 is 0 Å². The van der Waals surface area contributed by atoms with Gasteiger partial charge in [-0.3, -0.25) is 15.1 Å². The summed E-state index contributed by atoms with van der Waals surface area (Å²) in [5, 5.41) is 29.9. The zero-order valence-corrected chi connectivity index (χ0v) is 22.4. The first-order valence-electron chi connectivity index (χ1n) is 13.0. The summed E-state index contributed by atoms with van der Waals surface area (Å²) in [5.74, 6) is -0.00725. The van der Waals surface area contributed by atoms with Gasteiger partial charge in [-0.1, -0.05) is 24.6 Å². The molecular formula is C27H33ClFN7O2. The Bertz CT molecular complexity index is 1240. The summed E-state index contributed by atoms with van der Waals surface area (Å²) in [6.45, 7) is 6.47. The molecule has 202 valence electrons. The number of anilines is 2. The molecule has 2 saturated heterocycles. The monoisotopic (exact) mass is 541 g/mol. The maximum Gasteiger partial charge on any atom is 0.303 e. The van der Waals surface area contributed by atoms with Crippen LogP contribution in [0.15, 0.2) is 24.4 Å². The number of nitrogens with one attached hydrogen (secondary N) is 2. The molecule has 0 saturated carbocycles. The van der Waals surface area contributed by atoms with Crippen LogP contribution in [0, 0.1) is 28.5 Å². The molecule has 3 heterocycles. The highest BCUT2D eigenvalue weighted by atomic mass is 35.5. The maximum absolute atomic E-state index is 14.5. The first kappa shape index (κ1) is 27.7. The van der Waals surface area contributed by atoms with Gasteiger partial charge in [0, 0.05) is 42.2 Å². The summed E-state index contributed by atoms with van der Waals surface area (Å²) in [6, 6.07) is 6.43. The Balaban J connectivity index is 1.51. The number of carboxylic acid groups (broad SMARTS) is 1. The summed E-state index contributed by atoms with van der Waals surface area (Å²) < 4.78 is 14.5. The minimum Gasteiger partial charge on any atom is -0.481 e. The molecule has 1 aromatic heterocycles. The average Bonchev–Trinajstić information content (AvgIpc) is 3.35. The second-order valence-electron chi connectivity index (χ2n) is 10.2. The number of likely N-dealkylation sites (tertiary alicyclic amines) is 1. The van der Waals surface area contributed by atoms with E-state index in [1.807, 2.05) is 6.07 Å². The fraction of sp³-hybridized carbons (Fsp3) is 0.519. The number of hydrogen-bond acceptors (Lipinski definition) is 8.